The maximum absolute atomic E-state index is 11.5. The molecule has 0 saturated carbocycles. The molecule has 0 aromatic rings. The minimum Gasteiger partial charge on any atom is -0.425 e. The van der Waals surface area contributed by atoms with Gasteiger partial charge in [0.05, 0.1) is 12.8 Å². The van der Waals surface area contributed by atoms with E-state index in [-0.39, 0.29) is 24.0 Å². The van der Waals surface area contributed by atoms with Crippen molar-refractivity contribution < 1.29 is 38.1 Å². The van der Waals surface area contributed by atoms with Crippen molar-refractivity contribution in [2.75, 3.05) is 0 Å². The van der Waals surface area contributed by atoms with E-state index in [0.29, 0.717) is 0 Å². The Labute approximate surface area is 140 Å². The molecule has 0 aromatic heterocycles. The Morgan fingerprint density at radius 1 is 0.708 bits per heavy atom. The third-order valence-corrected chi connectivity index (χ3v) is 2.37. The molecule has 0 bridgehead atoms. The maximum Gasteiger partial charge on any atom is 0.336 e. The molecule has 0 aliphatic rings. The highest BCUT2D eigenvalue weighted by Crippen LogP contribution is 2.06. The first-order valence-corrected chi connectivity index (χ1v) is 7.14. The molecule has 0 fully saturated rings. The second kappa shape index (κ2) is 10.2. The van der Waals surface area contributed by atoms with Gasteiger partial charge in [-0.2, -0.15) is 0 Å². The minimum atomic E-state index is -1.10. The summed E-state index contributed by atoms with van der Waals surface area (Å²) in [7, 11) is 0. The van der Waals surface area contributed by atoms with Crippen LogP contribution >= 0.6 is 0 Å². The summed E-state index contributed by atoms with van der Waals surface area (Å²) >= 11 is 0. The summed E-state index contributed by atoms with van der Waals surface area (Å²) in [4.78, 5) is 45.5. The molecule has 0 aromatic carbocycles. The molecule has 0 heterocycles. The fourth-order valence-electron chi connectivity index (χ4n) is 1.24. The van der Waals surface area contributed by atoms with Crippen molar-refractivity contribution in [1.29, 1.82) is 0 Å². The van der Waals surface area contributed by atoms with E-state index in [2.05, 4.69) is 13.2 Å². The van der Waals surface area contributed by atoms with Gasteiger partial charge in [-0.15, -0.1) is 0 Å². The number of hydrogen-bond acceptors (Lipinski definition) is 8. The first-order chi connectivity index (χ1) is 11.0. The van der Waals surface area contributed by atoms with Crippen LogP contribution in [0.1, 0.15) is 40.5 Å². The van der Waals surface area contributed by atoms with E-state index >= 15 is 0 Å². The van der Waals surface area contributed by atoms with Crippen LogP contribution in [0.15, 0.2) is 24.3 Å². The molecule has 0 radical (unpaired) electrons. The number of carbonyl (C=O) groups is 4. The predicted octanol–water partition coefficient (Wildman–Crippen LogP) is 1.78. The zero-order valence-electron chi connectivity index (χ0n) is 14.2. The number of rotatable bonds is 9. The van der Waals surface area contributed by atoms with E-state index in [1.807, 2.05) is 0 Å². The third-order valence-electron chi connectivity index (χ3n) is 2.37. The van der Waals surface area contributed by atoms with Gasteiger partial charge in [-0.1, -0.05) is 13.2 Å². The van der Waals surface area contributed by atoms with Crippen LogP contribution < -0.4 is 0 Å². The Bertz CT molecular complexity index is 486. The summed E-state index contributed by atoms with van der Waals surface area (Å²) in [5.74, 6) is -2.88. The van der Waals surface area contributed by atoms with Crippen LogP contribution in [0.3, 0.4) is 0 Å². The molecule has 8 heteroatoms. The molecule has 134 valence electrons. The van der Waals surface area contributed by atoms with Crippen LogP contribution in [0.5, 0.6) is 0 Å². The second-order valence-electron chi connectivity index (χ2n) is 4.99. The normalized spacial score (nSPS) is 12.3. The highest BCUT2D eigenvalue weighted by Gasteiger charge is 2.18. The Hall–Kier alpha value is -2.64. The summed E-state index contributed by atoms with van der Waals surface area (Å²) in [6.07, 6.45) is -2.77. The van der Waals surface area contributed by atoms with Crippen LogP contribution in [0, 0.1) is 0 Å². The summed E-state index contributed by atoms with van der Waals surface area (Å²) in [6.45, 7) is 12.4. The van der Waals surface area contributed by atoms with Gasteiger partial charge in [-0.25, -0.2) is 9.59 Å². The van der Waals surface area contributed by atoms with E-state index in [0.717, 1.165) is 0 Å². The lowest BCUT2D eigenvalue weighted by atomic mass is 10.3. The van der Waals surface area contributed by atoms with Crippen molar-refractivity contribution in [3.63, 3.8) is 0 Å². The lowest BCUT2D eigenvalue weighted by Gasteiger charge is -2.15. The van der Waals surface area contributed by atoms with Gasteiger partial charge in [0, 0.05) is 25.0 Å². The van der Waals surface area contributed by atoms with Crippen molar-refractivity contribution >= 4 is 23.9 Å². The second-order valence-corrected chi connectivity index (χ2v) is 4.99. The van der Waals surface area contributed by atoms with Crippen molar-refractivity contribution in [3.05, 3.63) is 24.3 Å². The lowest BCUT2D eigenvalue weighted by molar-refractivity contribution is -0.187. The summed E-state index contributed by atoms with van der Waals surface area (Å²) in [6, 6.07) is 0. The van der Waals surface area contributed by atoms with Crippen LogP contribution in [0.2, 0.25) is 0 Å². The summed E-state index contributed by atoms with van der Waals surface area (Å²) < 4.78 is 19.1. The average molecular weight is 342 g/mol. The molecule has 0 aliphatic carbocycles. The van der Waals surface area contributed by atoms with Gasteiger partial charge in [-0.05, 0) is 13.8 Å². The first-order valence-electron chi connectivity index (χ1n) is 7.14. The molecule has 0 spiro atoms. The highest BCUT2D eigenvalue weighted by atomic mass is 16.7. The number of esters is 4. The largest absolute Gasteiger partial charge is 0.425 e. The Kier molecular flexibility index (Phi) is 9.07. The number of ether oxygens (including phenoxy) is 4. The zero-order valence-corrected chi connectivity index (χ0v) is 14.2. The van der Waals surface area contributed by atoms with Crippen molar-refractivity contribution in [2.45, 2.75) is 53.1 Å². The molecule has 0 N–H and O–H groups in total. The molecule has 0 aliphatic heterocycles. The number of carbonyl (C=O) groups excluding carboxylic acids is 4. The minimum absolute atomic E-state index is 0.166. The van der Waals surface area contributed by atoms with Crippen LogP contribution in [0.25, 0.3) is 0 Å². The van der Waals surface area contributed by atoms with Crippen LogP contribution in [-0.2, 0) is 38.1 Å². The quantitative estimate of drug-likeness (QED) is 0.355. The highest BCUT2D eigenvalue weighted by molar-refractivity contribution is 5.87. The van der Waals surface area contributed by atoms with E-state index in [9.17, 15) is 19.2 Å². The average Bonchev–Trinajstić information content (AvgIpc) is 2.44. The molecule has 24 heavy (non-hydrogen) atoms. The fourth-order valence-corrected chi connectivity index (χ4v) is 1.24. The number of hydrogen-bond donors (Lipinski definition) is 0. The lowest BCUT2D eigenvalue weighted by Crippen LogP contribution is -2.24. The Balaban J connectivity index is 4.11. The van der Waals surface area contributed by atoms with Crippen molar-refractivity contribution in [2.24, 2.45) is 0 Å². The van der Waals surface area contributed by atoms with Gasteiger partial charge < -0.3 is 18.9 Å². The monoisotopic (exact) mass is 342 g/mol. The van der Waals surface area contributed by atoms with E-state index in [1.165, 1.54) is 27.7 Å². The van der Waals surface area contributed by atoms with E-state index in [1.54, 1.807) is 0 Å². The van der Waals surface area contributed by atoms with Gasteiger partial charge in [0.25, 0.3) is 0 Å². The molecular weight excluding hydrogens is 320 g/mol. The Morgan fingerprint density at radius 2 is 1.00 bits per heavy atom. The molecule has 0 saturated heterocycles. The van der Waals surface area contributed by atoms with Crippen molar-refractivity contribution in [1.82, 2.24) is 0 Å². The molecule has 0 amide bonds. The summed E-state index contributed by atoms with van der Waals surface area (Å²) in [5.41, 5.74) is 0.333. The molecule has 2 unspecified atom stereocenters. The van der Waals surface area contributed by atoms with Gasteiger partial charge in [0.2, 0.25) is 12.6 Å². The van der Waals surface area contributed by atoms with Gasteiger partial charge >= 0.3 is 23.9 Å². The SMILES string of the molecule is C=C(C)C(=O)OC(C)OC(=O)CCC(=O)OC(C)OC(=O)C(=C)C. The summed E-state index contributed by atoms with van der Waals surface area (Å²) in [5, 5.41) is 0. The first kappa shape index (κ1) is 21.4. The molecular formula is C16H22O8. The Morgan fingerprint density at radius 3 is 1.25 bits per heavy atom. The smallest absolute Gasteiger partial charge is 0.336 e. The zero-order chi connectivity index (χ0) is 18.9. The van der Waals surface area contributed by atoms with E-state index in [4.69, 9.17) is 18.9 Å². The fraction of sp³-hybridized carbons (Fsp3) is 0.500. The van der Waals surface area contributed by atoms with Crippen molar-refractivity contribution in [3.8, 4) is 0 Å². The van der Waals surface area contributed by atoms with E-state index < -0.39 is 36.5 Å². The maximum atomic E-state index is 11.5. The van der Waals surface area contributed by atoms with Gasteiger partial charge in [-0.3, -0.25) is 9.59 Å². The predicted molar refractivity (Wildman–Crippen MR) is 82.2 cm³/mol. The standard InChI is InChI=1S/C16H22O8/c1-9(2)15(19)23-11(5)21-13(17)7-8-14(18)22-12(6)24-16(20)10(3)4/h11-12H,1,3,7-8H2,2,4-6H3. The molecule has 2 atom stereocenters. The topological polar surface area (TPSA) is 105 Å². The van der Waals surface area contributed by atoms with Gasteiger partial charge in [0.1, 0.15) is 0 Å². The molecule has 8 nitrogen and oxygen atoms in total. The van der Waals surface area contributed by atoms with Crippen LogP contribution in [0.4, 0.5) is 0 Å². The van der Waals surface area contributed by atoms with Crippen LogP contribution in [-0.4, -0.2) is 36.5 Å². The van der Waals surface area contributed by atoms with Gasteiger partial charge in [0.15, 0.2) is 0 Å². The third kappa shape index (κ3) is 9.39. The molecule has 0 rings (SSSR count).